The Morgan fingerprint density at radius 1 is 1.29 bits per heavy atom. The van der Waals surface area contributed by atoms with Crippen LogP contribution >= 0.6 is 39.0 Å². The van der Waals surface area contributed by atoms with Gasteiger partial charge in [-0.1, -0.05) is 26.0 Å². The van der Waals surface area contributed by atoms with Crippen LogP contribution in [0.15, 0.2) is 32.9 Å². The second-order valence-electron chi connectivity index (χ2n) is 3.87. The maximum atomic E-state index is 5.72. The van der Waals surface area contributed by atoms with Crippen molar-refractivity contribution in [2.24, 2.45) is 0 Å². The molecule has 0 spiro atoms. The van der Waals surface area contributed by atoms with Crippen LogP contribution in [0, 0.1) is 0 Å². The van der Waals surface area contributed by atoms with E-state index < -0.39 is 0 Å². The topological polar surface area (TPSA) is 38.9 Å². The highest BCUT2D eigenvalue weighted by atomic mass is 79.9. The van der Waals surface area contributed by atoms with Crippen molar-refractivity contribution in [1.82, 2.24) is 4.98 Å². The van der Waals surface area contributed by atoms with Crippen LogP contribution in [-0.4, -0.2) is 10.2 Å². The second-order valence-corrected chi connectivity index (χ2v) is 7.84. The number of rotatable bonds is 3. The predicted octanol–water partition coefficient (Wildman–Crippen LogP) is 4.66. The number of hydrogen-bond acceptors (Lipinski definition) is 4. The number of benzene rings is 1. The van der Waals surface area contributed by atoms with Crippen LogP contribution in [0.3, 0.4) is 0 Å². The molecule has 2 aromatic rings. The molecule has 0 aliphatic heterocycles. The quantitative estimate of drug-likeness (QED) is 0.833. The highest BCUT2D eigenvalue weighted by Crippen LogP contribution is 2.34. The fraction of sp³-hybridized carbons (Fsp3) is 0.250. The zero-order chi connectivity index (χ0) is 12.4. The van der Waals surface area contributed by atoms with E-state index in [0.29, 0.717) is 11.1 Å². The summed E-state index contributed by atoms with van der Waals surface area (Å²) in [5.74, 6) is 0.561. The predicted molar refractivity (Wildman–Crippen MR) is 80.7 cm³/mol. The summed E-state index contributed by atoms with van der Waals surface area (Å²) in [6.07, 6.45) is 0. The summed E-state index contributed by atoms with van der Waals surface area (Å²) < 4.78 is 0.896. The van der Waals surface area contributed by atoms with Crippen molar-refractivity contribution in [2.45, 2.75) is 24.0 Å². The van der Waals surface area contributed by atoms with Crippen LogP contribution in [0.1, 0.15) is 13.8 Å². The summed E-state index contributed by atoms with van der Waals surface area (Å²) in [7, 11) is 0. The molecule has 0 aliphatic rings. The molecule has 2 nitrogen and oxygen atoms in total. The van der Waals surface area contributed by atoms with Gasteiger partial charge in [0.1, 0.15) is 14.6 Å². The normalized spacial score (nSPS) is 11.1. The van der Waals surface area contributed by atoms with E-state index in [1.165, 1.54) is 4.90 Å². The summed E-state index contributed by atoms with van der Waals surface area (Å²) in [6, 6.07) is 8.45. The highest BCUT2D eigenvalue weighted by molar-refractivity contribution is 9.11. The van der Waals surface area contributed by atoms with Crippen molar-refractivity contribution < 1.29 is 0 Å². The number of nitrogen functional groups attached to an aromatic ring is 1. The number of nitrogens with zero attached hydrogens (tertiary/aromatic N) is 1. The van der Waals surface area contributed by atoms with Crippen LogP contribution in [0.4, 0.5) is 5.82 Å². The highest BCUT2D eigenvalue weighted by Gasteiger charge is 2.08. The summed E-state index contributed by atoms with van der Waals surface area (Å²) in [4.78, 5) is 5.60. The molecule has 90 valence electrons. The van der Waals surface area contributed by atoms with Crippen molar-refractivity contribution in [3.8, 4) is 10.6 Å². The van der Waals surface area contributed by atoms with Gasteiger partial charge in [0, 0.05) is 15.7 Å². The van der Waals surface area contributed by atoms with E-state index in [2.05, 4.69) is 59.0 Å². The first-order valence-corrected chi connectivity index (χ1v) is 7.74. The van der Waals surface area contributed by atoms with E-state index in [1.54, 1.807) is 11.3 Å². The van der Waals surface area contributed by atoms with E-state index in [4.69, 9.17) is 5.73 Å². The molecule has 0 saturated carbocycles. The molecule has 0 atom stereocenters. The Morgan fingerprint density at radius 3 is 2.41 bits per heavy atom. The third-order valence-corrected chi connectivity index (χ3v) is 4.90. The first kappa shape index (κ1) is 12.9. The lowest BCUT2D eigenvalue weighted by Crippen LogP contribution is -1.86. The first-order chi connectivity index (χ1) is 8.06. The van der Waals surface area contributed by atoms with Crippen LogP contribution < -0.4 is 5.73 Å². The molecule has 0 saturated heterocycles. The van der Waals surface area contributed by atoms with Gasteiger partial charge in [-0.15, -0.1) is 23.1 Å². The number of anilines is 1. The minimum atomic E-state index is 0.561. The van der Waals surface area contributed by atoms with Crippen LogP contribution in [-0.2, 0) is 0 Å². The maximum absolute atomic E-state index is 5.72. The number of hydrogen-bond donors (Lipinski definition) is 1. The molecule has 0 amide bonds. The van der Waals surface area contributed by atoms with Gasteiger partial charge < -0.3 is 5.73 Å². The third kappa shape index (κ3) is 3.24. The first-order valence-electron chi connectivity index (χ1n) is 5.25. The van der Waals surface area contributed by atoms with Crippen molar-refractivity contribution in [1.29, 1.82) is 0 Å². The molecule has 0 fully saturated rings. The molecule has 17 heavy (non-hydrogen) atoms. The molecule has 0 radical (unpaired) electrons. The minimum Gasteiger partial charge on any atom is -0.382 e. The van der Waals surface area contributed by atoms with Gasteiger partial charge in [0.2, 0.25) is 0 Å². The van der Waals surface area contributed by atoms with Crippen LogP contribution in [0.2, 0.25) is 0 Å². The van der Waals surface area contributed by atoms with Gasteiger partial charge in [0.15, 0.2) is 0 Å². The zero-order valence-corrected chi connectivity index (χ0v) is 12.8. The van der Waals surface area contributed by atoms with E-state index >= 15 is 0 Å². The lowest BCUT2D eigenvalue weighted by molar-refractivity contribution is 1.11. The SMILES string of the molecule is CC(C)Sc1ccc(-c2nc(N)c(Br)s2)cc1. The van der Waals surface area contributed by atoms with Gasteiger partial charge in [0.25, 0.3) is 0 Å². The Labute approximate surface area is 118 Å². The van der Waals surface area contributed by atoms with Gasteiger partial charge in [-0.3, -0.25) is 0 Å². The molecule has 2 rings (SSSR count). The molecule has 1 aromatic heterocycles. The van der Waals surface area contributed by atoms with Crippen LogP contribution in [0.5, 0.6) is 0 Å². The Morgan fingerprint density at radius 2 is 1.94 bits per heavy atom. The largest absolute Gasteiger partial charge is 0.382 e. The number of aromatic nitrogens is 1. The minimum absolute atomic E-state index is 0.561. The number of thiazole rings is 1. The molecule has 0 bridgehead atoms. The average molecular weight is 329 g/mol. The molecule has 1 aromatic carbocycles. The zero-order valence-electron chi connectivity index (χ0n) is 9.61. The van der Waals surface area contributed by atoms with Crippen molar-refractivity contribution >= 4 is 44.8 Å². The lowest BCUT2D eigenvalue weighted by Gasteiger charge is -2.04. The molecular formula is C12H13BrN2S2. The van der Waals surface area contributed by atoms with Gasteiger partial charge in [-0.25, -0.2) is 4.98 Å². The number of thioether (sulfide) groups is 1. The van der Waals surface area contributed by atoms with Crippen LogP contribution in [0.25, 0.3) is 10.6 Å². The Balaban J connectivity index is 2.23. The summed E-state index contributed by atoms with van der Waals surface area (Å²) in [6.45, 7) is 4.38. The summed E-state index contributed by atoms with van der Waals surface area (Å²) in [5, 5.41) is 1.56. The molecule has 0 unspecified atom stereocenters. The Kier molecular flexibility index (Phi) is 4.12. The van der Waals surface area contributed by atoms with Gasteiger partial charge in [-0.05, 0) is 28.1 Å². The molecule has 1 heterocycles. The van der Waals surface area contributed by atoms with Gasteiger partial charge in [0.05, 0.1) is 0 Å². The summed E-state index contributed by atoms with van der Waals surface area (Å²) in [5.41, 5.74) is 6.83. The maximum Gasteiger partial charge on any atom is 0.149 e. The second kappa shape index (κ2) is 5.42. The van der Waals surface area contributed by atoms with E-state index in [-0.39, 0.29) is 0 Å². The van der Waals surface area contributed by atoms with Crippen molar-refractivity contribution in [2.75, 3.05) is 5.73 Å². The lowest BCUT2D eigenvalue weighted by atomic mass is 10.2. The Hall–Kier alpha value is -0.520. The Bertz CT molecular complexity index is 486. The number of halogens is 1. The molecular weight excluding hydrogens is 316 g/mol. The number of nitrogens with two attached hydrogens (primary N) is 1. The standard InChI is InChI=1S/C12H13BrN2S2/c1-7(2)16-9-5-3-8(4-6-9)12-15-11(14)10(13)17-12/h3-7H,14H2,1-2H3. The average Bonchev–Trinajstić information content (AvgIpc) is 2.59. The summed E-state index contributed by atoms with van der Waals surface area (Å²) >= 11 is 6.81. The van der Waals surface area contributed by atoms with E-state index in [0.717, 1.165) is 14.4 Å². The fourth-order valence-electron chi connectivity index (χ4n) is 1.39. The third-order valence-electron chi connectivity index (χ3n) is 2.08. The molecule has 2 N–H and O–H groups in total. The fourth-order valence-corrected chi connectivity index (χ4v) is 3.49. The van der Waals surface area contributed by atoms with Crippen molar-refractivity contribution in [3.63, 3.8) is 0 Å². The van der Waals surface area contributed by atoms with Gasteiger partial charge >= 0.3 is 0 Å². The monoisotopic (exact) mass is 328 g/mol. The van der Waals surface area contributed by atoms with E-state index in [9.17, 15) is 0 Å². The van der Waals surface area contributed by atoms with Gasteiger partial charge in [-0.2, -0.15) is 0 Å². The van der Waals surface area contributed by atoms with Crippen molar-refractivity contribution in [3.05, 3.63) is 28.1 Å². The molecule has 0 aliphatic carbocycles. The smallest absolute Gasteiger partial charge is 0.149 e. The van der Waals surface area contributed by atoms with E-state index in [1.807, 2.05) is 11.8 Å². The molecule has 5 heteroatoms.